The van der Waals surface area contributed by atoms with Gasteiger partial charge in [-0.1, -0.05) is 13.3 Å². The van der Waals surface area contributed by atoms with Crippen molar-refractivity contribution in [2.45, 2.75) is 38.6 Å². The molecule has 0 saturated heterocycles. The predicted molar refractivity (Wildman–Crippen MR) is 63.3 cm³/mol. The Morgan fingerprint density at radius 3 is 2.82 bits per heavy atom. The first-order valence-corrected chi connectivity index (χ1v) is 6.17. The fraction of sp³-hybridized carbons (Fsp3) is 0.615. The van der Waals surface area contributed by atoms with Crippen LogP contribution in [0.5, 0.6) is 0 Å². The Morgan fingerprint density at radius 2 is 2.41 bits per heavy atom. The van der Waals surface area contributed by atoms with E-state index in [1.807, 2.05) is 6.92 Å². The number of aliphatic hydroxyl groups excluding tert-OH is 1. The van der Waals surface area contributed by atoms with Gasteiger partial charge in [0.05, 0.1) is 12.9 Å². The van der Waals surface area contributed by atoms with E-state index in [0.717, 1.165) is 25.7 Å². The standard InChI is InChI=1S/C13H19NO3/c1-2-13(6-4-7-13)12(16)14-10(9-15)11-5-3-8-17-11/h3,5,8,10,15H,2,4,6-7,9H2,1H3,(H,14,16). The smallest absolute Gasteiger partial charge is 0.226 e. The highest BCUT2D eigenvalue weighted by atomic mass is 16.3. The summed E-state index contributed by atoms with van der Waals surface area (Å²) < 4.78 is 5.21. The molecule has 1 unspecified atom stereocenters. The maximum atomic E-state index is 12.2. The average molecular weight is 237 g/mol. The van der Waals surface area contributed by atoms with Gasteiger partial charge in [-0.15, -0.1) is 0 Å². The highest BCUT2D eigenvalue weighted by molar-refractivity contribution is 5.83. The van der Waals surface area contributed by atoms with Gasteiger partial charge in [0.1, 0.15) is 11.8 Å². The van der Waals surface area contributed by atoms with Crippen LogP contribution in [0.15, 0.2) is 22.8 Å². The summed E-state index contributed by atoms with van der Waals surface area (Å²) in [7, 11) is 0. The zero-order valence-corrected chi connectivity index (χ0v) is 10.1. The molecule has 0 radical (unpaired) electrons. The number of aliphatic hydroxyl groups is 1. The van der Waals surface area contributed by atoms with Crippen LogP contribution in [-0.4, -0.2) is 17.6 Å². The van der Waals surface area contributed by atoms with Crippen molar-refractivity contribution in [3.05, 3.63) is 24.2 Å². The molecule has 17 heavy (non-hydrogen) atoms. The summed E-state index contributed by atoms with van der Waals surface area (Å²) in [6.07, 6.45) is 5.42. The monoisotopic (exact) mass is 237 g/mol. The number of furan rings is 1. The first-order valence-electron chi connectivity index (χ1n) is 6.17. The maximum Gasteiger partial charge on any atom is 0.226 e. The van der Waals surface area contributed by atoms with Gasteiger partial charge in [0, 0.05) is 5.41 Å². The van der Waals surface area contributed by atoms with E-state index in [1.54, 1.807) is 18.4 Å². The Bertz CT molecular complexity index is 363. The molecule has 0 aliphatic heterocycles. The Labute approximate surface area is 101 Å². The minimum Gasteiger partial charge on any atom is -0.467 e. The zero-order chi connectivity index (χ0) is 12.3. The van der Waals surface area contributed by atoms with Gasteiger partial charge < -0.3 is 14.8 Å². The molecular weight excluding hydrogens is 218 g/mol. The van der Waals surface area contributed by atoms with Gasteiger partial charge in [0.2, 0.25) is 5.91 Å². The maximum absolute atomic E-state index is 12.2. The molecule has 4 nitrogen and oxygen atoms in total. The van der Waals surface area contributed by atoms with Gasteiger partial charge in [0.15, 0.2) is 0 Å². The summed E-state index contributed by atoms with van der Waals surface area (Å²) in [5.41, 5.74) is -0.208. The van der Waals surface area contributed by atoms with Gasteiger partial charge >= 0.3 is 0 Å². The molecular formula is C13H19NO3. The quantitative estimate of drug-likeness (QED) is 0.823. The first kappa shape index (κ1) is 12.2. The van der Waals surface area contributed by atoms with E-state index < -0.39 is 6.04 Å². The summed E-state index contributed by atoms with van der Waals surface area (Å²) in [4.78, 5) is 12.2. The van der Waals surface area contributed by atoms with Crippen LogP contribution in [0, 0.1) is 5.41 Å². The van der Waals surface area contributed by atoms with E-state index in [0.29, 0.717) is 5.76 Å². The lowest BCUT2D eigenvalue weighted by Gasteiger charge is -2.40. The fourth-order valence-electron chi connectivity index (χ4n) is 2.35. The molecule has 94 valence electrons. The van der Waals surface area contributed by atoms with Gasteiger partial charge in [-0.3, -0.25) is 4.79 Å². The largest absolute Gasteiger partial charge is 0.467 e. The van der Waals surface area contributed by atoms with Crippen molar-refractivity contribution >= 4 is 5.91 Å². The van der Waals surface area contributed by atoms with E-state index in [-0.39, 0.29) is 17.9 Å². The highest BCUT2D eigenvalue weighted by Gasteiger charge is 2.43. The number of carbonyl (C=O) groups excluding carboxylic acids is 1. The lowest BCUT2D eigenvalue weighted by Crippen LogP contribution is -2.47. The molecule has 1 heterocycles. The summed E-state index contributed by atoms with van der Waals surface area (Å²) >= 11 is 0. The average Bonchev–Trinajstić information content (AvgIpc) is 2.78. The number of rotatable bonds is 5. The van der Waals surface area contributed by atoms with Gasteiger partial charge in [-0.05, 0) is 31.4 Å². The SMILES string of the molecule is CCC1(C(=O)NC(CO)c2ccco2)CCC1. The first-order chi connectivity index (χ1) is 8.22. The van der Waals surface area contributed by atoms with Crippen LogP contribution >= 0.6 is 0 Å². The number of hydrogen-bond acceptors (Lipinski definition) is 3. The molecule has 0 aromatic carbocycles. The van der Waals surface area contributed by atoms with Crippen molar-refractivity contribution in [1.29, 1.82) is 0 Å². The van der Waals surface area contributed by atoms with Crippen LogP contribution in [0.25, 0.3) is 0 Å². The number of carbonyl (C=O) groups is 1. The molecule has 2 rings (SSSR count). The van der Waals surface area contributed by atoms with Crippen molar-refractivity contribution in [3.63, 3.8) is 0 Å². The van der Waals surface area contributed by atoms with Gasteiger partial charge in [0.25, 0.3) is 0 Å². The van der Waals surface area contributed by atoms with Crippen LogP contribution in [0.1, 0.15) is 44.4 Å². The van der Waals surface area contributed by atoms with Crippen LogP contribution in [0.3, 0.4) is 0 Å². The lowest BCUT2D eigenvalue weighted by atomic mass is 9.66. The molecule has 1 aliphatic rings. The van der Waals surface area contributed by atoms with Crippen molar-refractivity contribution in [1.82, 2.24) is 5.32 Å². The van der Waals surface area contributed by atoms with Crippen molar-refractivity contribution in [2.24, 2.45) is 5.41 Å². The highest BCUT2D eigenvalue weighted by Crippen LogP contribution is 2.44. The van der Waals surface area contributed by atoms with Crippen molar-refractivity contribution < 1.29 is 14.3 Å². The molecule has 1 fully saturated rings. The minimum absolute atomic E-state index is 0.0432. The normalized spacial score (nSPS) is 19.4. The third-order valence-corrected chi connectivity index (χ3v) is 3.84. The molecule has 4 heteroatoms. The fourth-order valence-corrected chi connectivity index (χ4v) is 2.35. The Hall–Kier alpha value is -1.29. The van der Waals surface area contributed by atoms with E-state index in [1.165, 1.54) is 0 Å². The molecule has 1 aliphatic carbocycles. The topological polar surface area (TPSA) is 62.5 Å². The van der Waals surface area contributed by atoms with Gasteiger partial charge in [-0.2, -0.15) is 0 Å². The molecule has 1 saturated carbocycles. The zero-order valence-electron chi connectivity index (χ0n) is 10.1. The Balaban J connectivity index is 2.02. The summed E-state index contributed by atoms with van der Waals surface area (Å²) in [6.45, 7) is 1.90. The third kappa shape index (κ3) is 2.22. The second-order valence-corrected chi connectivity index (χ2v) is 4.71. The Kier molecular flexibility index (Phi) is 3.52. The van der Waals surface area contributed by atoms with E-state index in [4.69, 9.17) is 4.42 Å². The van der Waals surface area contributed by atoms with Crippen molar-refractivity contribution in [2.75, 3.05) is 6.61 Å². The van der Waals surface area contributed by atoms with Gasteiger partial charge in [-0.25, -0.2) is 0 Å². The summed E-state index contributed by atoms with van der Waals surface area (Å²) in [5, 5.41) is 12.2. The van der Waals surface area contributed by atoms with E-state index in [2.05, 4.69) is 5.32 Å². The second-order valence-electron chi connectivity index (χ2n) is 4.71. The summed E-state index contributed by atoms with van der Waals surface area (Å²) in [6, 6.07) is 3.09. The third-order valence-electron chi connectivity index (χ3n) is 3.84. The second kappa shape index (κ2) is 4.92. The van der Waals surface area contributed by atoms with Crippen LogP contribution in [0.4, 0.5) is 0 Å². The minimum atomic E-state index is -0.429. The Morgan fingerprint density at radius 1 is 1.65 bits per heavy atom. The summed E-state index contributed by atoms with van der Waals surface area (Å²) in [5.74, 6) is 0.646. The van der Waals surface area contributed by atoms with Crippen LogP contribution < -0.4 is 5.32 Å². The molecule has 2 N–H and O–H groups in total. The van der Waals surface area contributed by atoms with Crippen LogP contribution in [0.2, 0.25) is 0 Å². The molecule has 0 bridgehead atoms. The molecule has 1 aromatic rings. The number of nitrogens with one attached hydrogen (secondary N) is 1. The molecule has 0 spiro atoms. The molecule has 1 atom stereocenters. The van der Waals surface area contributed by atoms with E-state index in [9.17, 15) is 9.90 Å². The van der Waals surface area contributed by atoms with Crippen LogP contribution in [-0.2, 0) is 4.79 Å². The van der Waals surface area contributed by atoms with Crippen molar-refractivity contribution in [3.8, 4) is 0 Å². The van der Waals surface area contributed by atoms with E-state index >= 15 is 0 Å². The predicted octanol–water partition coefficient (Wildman–Crippen LogP) is 2.01. The molecule has 1 aromatic heterocycles. The molecule has 1 amide bonds. The number of hydrogen-bond donors (Lipinski definition) is 2. The lowest BCUT2D eigenvalue weighted by molar-refractivity contribution is -0.137. The number of amides is 1.